The van der Waals surface area contributed by atoms with E-state index in [9.17, 15) is 10.2 Å². The minimum absolute atomic E-state index is 0.00283. The first-order valence-corrected chi connectivity index (χ1v) is 7.15. The maximum Gasteiger partial charge on any atom is 0.0681 e. The second kappa shape index (κ2) is 6.04. The third-order valence-corrected chi connectivity index (χ3v) is 4.53. The molecule has 0 aliphatic heterocycles. The standard InChI is InChI=1S/C16H25NO2/c1-12(14-6-3-5-13(9-14)10-18)17-15-7-4-8-16(15,2)11-19/h3,5-6,9,12,15,17-19H,4,7-8,10-11H2,1-2H3. The summed E-state index contributed by atoms with van der Waals surface area (Å²) < 4.78 is 0. The Bertz CT molecular complexity index is 421. The van der Waals surface area contributed by atoms with E-state index in [-0.39, 0.29) is 24.7 Å². The van der Waals surface area contributed by atoms with Crippen LogP contribution in [0, 0.1) is 5.41 Å². The fourth-order valence-corrected chi connectivity index (χ4v) is 3.07. The lowest BCUT2D eigenvalue weighted by molar-refractivity contribution is 0.114. The van der Waals surface area contributed by atoms with E-state index >= 15 is 0 Å². The van der Waals surface area contributed by atoms with Gasteiger partial charge in [-0.15, -0.1) is 0 Å². The molecule has 0 bridgehead atoms. The first-order chi connectivity index (χ1) is 9.09. The van der Waals surface area contributed by atoms with Crippen molar-refractivity contribution in [2.24, 2.45) is 5.41 Å². The van der Waals surface area contributed by atoms with E-state index in [1.165, 1.54) is 12.0 Å². The number of hydrogen-bond donors (Lipinski definition) is 3. The Hall–Kier alpha value is -0.900. The zero-order valence-electron chi connectivity index (χ0n) is 11.9. The summed E-state index contributed by atoms with van der Waals surface area (Å²) in [7, 11) is 0. The molecule has 0 heterocycles. The molecule has 0 aromatic heterocycles. The SMILES string of the molecule is CC(NC1CCCC1(C)CO)c1cccc(CO)c1. The van der Waals surface area contributed by atoms with Crippen molar-refractivity contribution in [1.29, 1.82) is 0 Å². The molecule has 1 aliphatic rings. The fraction of sp³-hybridized carbons (Fsp3) is 0.625. The average Bonchev–Trinajstić information content (AvgIpc) is 2.81. The van der Waals surface area contributed by atoms with Gasteiger partial charge < -0.3 is 15.5 Å². The Morgan fingerprint density at radius 2 is 2.21 bits per heavy atom. The summed E-state index contributed by atoms with van der Waals surface area (Å²) in [5.41, 5.74) is 2.14. The van der Waals surface area contributed by atoms with Crippen molar-refractivity contribution in [3.8, 4) is 0 Å². The molecule has 3 nitrogen and oxygen atoms in total. The summed E-state index contributed by atoms with van der Waals surface area (Å²) in [6.45, 7) is 4.63. The molecule has 1 saturated carbocycles. The first-order valence-electron chi connectivity index (χ1n) is 7.15. The van der Waals surface area contributed by atoms with E-state index in [0.29, 0.717) is 6.04 Å². The highest BCUT2D eigenvalue weighted by atomic mass is 16.3. The van der Waals surface area contributed by atoms with Crippen LogP contribution in [0.2, 0.25) is 0 Å². The fourth-order valence-electron chi connectivity index (χ4n) is 3.07. The first kappa shape index (κ1) is 14.5. The Morgan fingerprint density at radius 3 is 2.89 bits per heavy atom. The number of benzene rings is 1. The third kappa shape index (κ3) is 3.16. The molecule has 106 valence electrons. The second-order valence-corrected chi connectivity index (χ2v) is 6.05. The van der Waals surface area contributed by atoms with Crippen LogP contribution in [0.25, 0.3) is 0 Å². The molecule has 2 rings (SSSR count). The van der Waals surface area contributed by atoms with Gasteiger partial charge in [0.15, 0.2) is 0 Å². The summed E-state index contributed by atoms with van der Waals surface area (Å²) in [6.07, 6.45) is 3.39. The quantitative estimate of drug-likeness (QED) is 0.764. The van der Waals surface area contributed by atoms with E-state index in [1.54, 1.807) is 0 Å². The molecule has 3 N–H and O–H groups in total. The second-order valence-electron chi connectivity index (χ2n) is 6.05. The molecule has 1 fully saturated rings. The van der Waals surface area contributed by atoms with Crippen molar-refractivity contribution in [3.05, 3.63) is 35.4 Å². The predicted octanol–water partition coefficient (Wildman–Crippen LogP) is 2.38. The Labute approximate surface area is 115 Å². The van der Waals surface area contributed by atoms with Gasteiger partial charge in [-0.3, -0.25) is 0 Å². The molecule has 0 amide bonds. The van der Waals surface area contributed by atoms with Gasteiger partial charge in [-0.25, -0.2) is 0 Å². The summed E-state index contributed by atoms with van der Waals surface area (Å²) in [4.78, 5) is 0. The summed E-state index contributed by atoms with van der Waals surface area (Å²) in [6, 6.07) is 8.65. The van der Waals surface area contributed by atoms with Crippen molar-refractivity contribution < 1.29 is 10.2 Å². The van der Waals surface area contributed by atoms with Crippen molar-refractivity contribution in [1.82, 2.24) is 5.32 Å². The highest BCUT2D eigenvalue weighted by Gasteiger charge is 2.38. The summed E-state index contributed by atoms with van der Waals surface area (Å²) >= 11 is 0. The van der Waals surface area contributed by atoms with Crippen LogP contribution in [-0.2, 0) is 6.61 Å². The topological polar surface area (TPSA) is 52.5 Å². The van der Waals surface area contributed by atoms with E-state index in [4.69, 9.17) is 0 Å². The minimum Gasteiger partial charge on any atom is -0.396 e. The maximum atomic E-state index is 9.59. The Balaban J connectivity index is 2.06. The van der Waals surface area contributed by atoms with E-state index < -0.39 is 0 Å². The number of aliphatic hydroxyl groups excluding tert-OH is 2. The smallest absolute Gasteiger partial charge is 0.0681 e. The molecule has 19 heavy (non-hydrogen) atoms. The van der Waals surface area contributed by atoms with Crippen LogP contribution >= 0.6 is 0 Å². The number of hydrogen-bond acceptors (Lipinski definition) is 3. The molecular formula is C16H25NO2. The van der Waals surface area contributed by atoms with Gasteiger partial charge in [0.1, 0.15) is 0 Å². The lowest BCUT2D eigenvalue weighted by Gasteiger charge is -2.32. The van der Waals surface area contributed by atoms with Gasteiger partial charge in [-0.1, -0.05) is 37.6 Å². The van der Waals surface area contributed by atoms with E-state index in [1.807, 2.05) is 18.2 Å². The monoisotopic (exact) mass is 263 g/mol. The Morgan fingerprint density at radius 1 is 1.42 bits per heavy atom. The zero-order chi connectivity index (χ0) is 13.9. The molecule has 3 unspecified atom stereocenters. The number of rotatable bonds is 5. The summed E-state index contributed by atoms with van der Waals surface area (Å²) in [5, 5.41) is 22.4. The molecule has 0 radical (unpaired) electrons. The van der Waals surface area contributed by atoms with Gasteiger partial charge in [0.25, 0.3) is 0 Å². The van der Waals surface area contributed by atoms with Gasteiger partial charge in [0, 0.05) is 24.1 Å². The minimum atomic E-state index is 0.00283. The molecule has 0 saturated heterocycles. The van der Waals surface area contributed by atoms with Gasteiger partial charge in [-0.05, 0) is 30.9 Å². The van der Waals surface area contributed by atoms with Crippen LogP contribution in [0.4, 0.5) is 0 Å². The maximum absolute atomic E-state index is 9.59. The van der Waals surface area contributed by atoms with Crippen LogP contribution in [0.15, 0.2) is 24.3 Å². The van der Waals surface area contributed by atoms with Crippen LogP contribution < -0.4 is 5.32 Å². The van der Waals surface area contributed by atoms with Crippen molar-refractivity contribution in [2.75, 3.05) is 6.61 Å². The Kier molecular flexibility index (Phi) is 4.61. The van der Waals surface area contributed by atoms with Crippen molar-refractivity contribution >= 4 is 0 Å². The summed E-state index contributed by atoms with van der Waals surface area (Å²) in [5.74, 6) is 0. The van der Waals surface area contributed by atoms with Gasteiger partial charge in [-0.2, -0.15) is 0 Å². The largest absolute Gasteiger partial charge is 0.396 e. The van der Waals surface area contributed by atoms with Crippen LogP contribution in [0.5, 0.6) is 0 Å². The number of nitrogens with one attached hydrogen (secondary N) is 1. The van der Waals surface area contributed by atoms with E-state index in [0.717, 1.165) is 18.4 Å². The van der Waals surface area contributed by atoms with E-state index in [2.05, 4.69) is 25.2 Å². The zero-order valence-corrected chi connectivity index (χ0v) is 11.9. The predicted molar refractivity (Wildman–Crippen MR) is 76.7 cm³/mol. The van der Waals surface area contributed by atoms with Crippen molar-refractivity contribution in [3.63, 3.8) is 0 Å². The molecule has 1 aromatic carbocycles. The van der Waals surface area contributed by atoms with Crippen LogP contribution in [0.1, 0.15) is 50.3 Å². The lowest BCUT2D eigenvalue weighted by Crippen LogP contribution is -2.42. The third-order valence-electron chi connectivity index (χ3n) is 4.53. The van der Waals surface area contributed by atoms with Crippen LogP contribution in [-0.4, -0.2) is 22.9 Å². The number of aliphatic hydroxyl groups is 2. The molecular weight excluding hydrogens is 238 g/mol. The molecule has 1 aromatic rings. The van der Waals surface area contributed by atoms with Crippen molar-refractivity contribution in [2.45, 2.75) is 51.8 Å². The molecule has 3 atom stereocenters. The highest BCUT2D eigenvalue weighted by molar-refractivity contribution is 5.25. The van der Waals surface area contributed by atoms with Gasteiger partial charge >= 0.3 is 0 Å². The van der Waals surface area contributed by atoms with Gasteiger partial charge in [0.2, 0.25) is 0 Å². The lowest BCUT2D eigenvalue weighted by atomic mass is 9.85. The normalized spacial score (nSPS) is 28.5. The molecule has 0 spiro atoms. The highest BCUT2D eigenvalue weighted by Crippen LogP contribution is 2.38. The average molecular weight is 263 g/mol. The van der Waals surface area contributed by atoms with Crippen LogP contribution in [0.3, 0.4) is 0 Å². The van der Waals surface area contributed by atoms with Gasteiger partial charge in [0.05, 0.1) is 6.61 Å². The molecule has 1 aliphatic carbocycles. The molecule has 3 heteroatoms.